The molecule has 1 aromatic heterocycles. The molecular formula is C12H8ClFO2. The van der Waals surface area contributed by atoms with Crippen molar-refractivity contribution in [1.29, 1.82) is 0 Å². The van der Waals surface area contributed by atoms with Crippen LogP contribution in [0.25, 0.3) is 0 Å². The molecule has 0 atom stereocenters. The maximum absolute atomic E-state index is 13.3. The van der Waals surface area contributed by atoms with Crippen LogP contribution in [0.15, 0.2) is 40.8 Å². The van der Waals surface area contributed by atoms with Gasteiger partial charge in [0.15, 0.2) is 11.0 Å². The first-order valence-corrected chi connectivity index (χ1v) is 5.06. The van der Waals surface area contributed by atoms with Crippen molar-refractivity contribution in [1.82, 2.24) is 0 Å². The van der Waals surface area contributed by atoms with Crippen LogP contribution >= 0.6 is 11.6 Å². The van der Waals surface area contributed by atoms with E-state index in [1.807, 2.05) is 0 Å². The van der Waals surface area contributed by atoms with Crippen molar-refractivity contribution in [3.8, 4) is 0 Å². The molecule has 0 aliphatic carbocycles. The number of benzene rings is 1. The lowest BCUT2D eigenvalue weighted by atomic mass is 10.1. The van der Waals surface area contributed by atoms with Crippen LogP contribution in [0.2, 0.25) is 5.22 Å². The summed E-state index contributed by atoms with van der Waals surface area (Å²) in [7, 11) is 0. The minimum atomic E-state index is -0.395. The zero-order valence-corrected chi connectivity index (χ0v) is 9.00. The van der Waals surface area contributed by atoms with Crippen LogP contribution in [0.4, 0.5) is 4.39 Å². The van der Waals surface area contributed by atoms with Crippen LogP contribution in [0.1, 0.15) is 16.1 Å². The highest BCUT2D eigenvalue weighted by Gasteiger charge is 2.13. The molecule has 82 valence electrons. The Bertz CT molecular complexity index is 519. The average Bonchev–Trinajstić information content (AvgIpc) is 2.68. The molecule has 0 aliphatic heterocycles. The Hall–Kier alpha value is -1.61. The molecule has 0 saturated heterocycles. The van der Waals surface area contributed by atoms with Crippen LogP contribution in [0, 0.1) is 5.82 Å². The number of hydrogen-bond acceptors (Lipinski definition) is 2. The SMILES string of the molecule is O=C(Cc1ccccc1F)c1ccc(Cl)o1. The highest BCUT2D eigenvalue weighted by Crippen LogP contribution is 2.16. The van der Waals surface area contributed by atoms with Crippen molar-refractivity contribution in [3.05, 3.63) is 58.8 Å². The van der Waals surface area contributed by atoms with Gasteiger partial charge in [0.05, 0.1) is 0 Å². The van der Waals surface area contributed by atoms with Gasteiger partial charge in [-0.2, -0.15) is 0 Å². The predicted molar refractivity (Wildman–Crippen MR) is 58.2 cm³/mol. The van der Waals surface area contributed by atoms with E-state index in [1.54, 1.807) is 18.2 Å². The first-order chi connectivity index (χ1) is 7.66. The minimum absolute atomic E-state index is 0.0312. The third-order valence-corrected chi connectivity index (χ3v) is 2.36. The second kappa shape index (κ2) is 4.49. The molecule has 2 aromatic rings. The number of carbonyl (C=O) groups excluding carboxylic acids is 1. The molecule has 0 amide bonds. The third-order valence-electron chi connectivity index (χ3n) is 2.16. The molecule has 1 aromatic carbocycles. The van der Waals surface area contributed by atoms with Gasteiger partial charge in [0, 0.05) is 6.42 Å². The number of ketones is 1. The number of furan rings is 1. The van der Waals surface area contributed by atoms with Crippen molar-refractivity contribution >= 4 is 17.4 Å². The lowest BCUT2D eigenvalue weighted by Gasteiger charge is -1.99. The van der Waals surface area contributed by atoms with Crippen LogP contribution in [0.5, 0.6) is 0 Å². The lowest BCUT2D eigenvalue weighted by molar-refractivity contribution is 0.0965. The van der Waals surface area contributed by atoms with Gasteiger partial charge in [0.25, 0.3) is 0 Å². The predicted octanol–water partition coefficient (Wildman–Crippen LogP) is 3.50. The Morgan fingerprint density at radius 1 is 1.25 bits per heavy atom. The number of rotatable bonds is 3. The summed E-state index contributed by atoms with van der Waals surface area (Å²) in [6.07, 6.45) is -0.0312. The maximum atomic E-state index is 13.3. The van der Waals surface area contributed by atoms with E-state index in [4.69, 9.17) is 16.0 Å². The summed E-state index contributed by atoms with van der Waals surface area (Å²) in [5.41, 5.74) is 0.347. The van der Waals surface area contributed by atoms with Crippen LogP contribution < -0.4 is 0 Å². The fraction of sp³-hybridized carbons (Fsp3) is 0.0833. The number of Topliss-reactive ketones (excluding diaryl/α,β-unsaturated/α-hetero) is 1. The molecule has 0 unspecified atom stereocenters. The monoisotopic (exact) mass is 238 g/mol. The van der Waals surface area contributed by atoms with Crippen molar-refractivity contribution in [2.24, 2.45) is 0 Å². The smallest absolute Gasteiger partial charge is 0.202 e. The fourth-order valence-corrected chi connectivity index (χ4v) is 1.51. The molecule has 0 saturated carbocycles. The van der Waals surface area contributed by atoms with Crippen molar-refractivity contribution < 1.29 is 13.6 Å². The van der Waals surface area contributed by atoms with E-state index >= 15 is 0 Å². The van der Waals surface area contributed by atoms with E-state index in [9.17, 15) is 9.18 Å². The summed E-state index contributed by atoms with van der Waals surface area (Å²) in [5, 5.41) is 0.150. The molecule has 0 bridgehead atoms. The molecular weight excluding hydrogens is 231 g/mol. The van der Waals surface area contributed by atoms with Gasteiger partial charge in [-0.05, 0) is 35.4 Å². The van der Waals surface area contributed by atoms with E-state index < -0.39 is 5.82 Å². The van der Waals surface area contributed by atoms with Gasteiger partial charge in [-0.15, -0.1) is 0 Å². The highest BCUT2D eigenvalue weighted by atomic mass is 35.5. The average molecular weight is 239 g/mol. The lowest BCUT2D eigenvalue weighted by Crippen LogP contribution is -2.03. The molecule has 16 heavy (non-hydrogen) atoms. The van der Waals surface area contributed by atoms with Gasteiger partial charge in [0.1, 0.15) is 5.82 Å². The summed E-state index contributed by atoms with van der Waals surface area (Å²) < 4.78 is 18.2. The Labute approximate surface area is 96.6 Å². The molecule has 4 heteroatoms. The highest BCUT2D eigenvalue weighted by molar-refractivity contribution is 6.29. The van der Waals surface area contributed by atoms with E-state index in [1.165, 1.54) is 18.2 Å². The first-order valence-electron chi connectivity index (χ1n) is 4.69. The second-order valence-electron chi connectivity index (χ2n) is 3.30. The van der Waals surface area contributed by atoms with Gasteiger partial charge in [-0.1, -0.05) is 18.2 Å². The summed E-state index contributed by atoms with van der Waals surface area (Å²) in [6.45, 7) is 0. The standard InChI is InChI=1S/C12H8ClFO2/c13-12-6-5-11(16-12)10(15)7-8-3-1-2-4-9(8)14/h1-6H,7H2. The van der Waals surface area contributed by atoms with Crippen LogP contribution in [-0.2, 0) is 6.42 Å². The minimum Gasteiger partial charge on any atom is -0.442 e. The van der Waals surface area contributed by atoms with Crippen molar-refractivity contribution in [3.63, 3.8) is 0 Å². The molecule has 0 fully saturated rings. The summed E-state index contributed by atoms with van der Waals surface area (Å²) in [6, 6.07) is 9.10. The van der Waals surface area contributed by atoms with Crippen LogP contribution in [0.3, 0.4) is 0 Å². The molecule has 0 N–H and O–H groups in total. The molecule has 1 heterocycles. The topological polar surface area (TPSA) is 30.2 Å². The van der Waals surface area contributed by atoms with E-state index in [-0.39, 0.29) is 23.2 Å². The van der Waals surface area contributed by atoms with Gasteiger partial charge in [0.2, 0.25) is 5.78 Å². The summed E-state index contributed by atoms with van der Waals surface area (Å²) in [4.78, 5) is 11.7. The van der Waals surface area contributed by atoms with Crippen LogP contribution in [-0.4, -0.2) is 5.78 Å². The first kappa shape index (κ1) is 10.9. The largest absolute Gasteiger partial charge is 0.442 e. The van der Waals surface area contributed by atoms with Gasteiger partial charge in [-0.3, -0.25) is 4.79 Å². The van der Waals surface area contributed by atoms with Gasteiger partial charge in [-0.25, -0.2) is 4.39 Å². The quantitative estimate of drug-likeness (QED) is 0.766. The van der Waals surface area contributed by atoms with E-state index in [0.717, 1.165) is 0 Å². The van der Waals surface area contributed by atoms with Crippen molar-refractivity contribution in [2.75, 3.05) is 0 Å². The normalized spacial score (nSPS) is 10.4. The summed E-state index contributed by atoms with van der Waals surface area (Å²) >= 11 is 5.55. The molecule has 2 rings (SSSR count). The summed E-state index contributed by atoms with van der Waals surface area (Å²) in [5.74, 6) is -0.543. The van der Waals surface area contributed by atoms with Gasteiger partial charge >= 0.3 is 0 Å². The Balaban J connectivity index is 2.17. The molecule has 2 nitrogen and oxygen atoms in total. The van der Waals surface area contributed by atoms with E-state index in [0.29, 0.717) is 5.56 Å². The molecule has 0 spiro atoms. The second-order valence-corrected chi connectivity index (χ2v) is 3.67. The Morgan fingerprint density at radius 2 is 2.00 bits per heavy atom. The zero-order chi connectivity index (χ0) is 11.5. The van der Waals surface area contributed by atoms with Crippen molar-refractivity contribution in [2.45, 2.75) is 6.42 Å². The third kappa shape index (κ3) is 2.31. The zero-order valence-electron chi connectivity index (χ0n) is 8.24. The molecule has 0 aliphatic rings. The van der Waals surface area contributed by atoms with E-state index in [2.05, 4.69) is 0 Å². The Kier molecular flexibility index (Phi) is 3.06. The molecule has 0 radical (unpaired) electrons. The fourth-order valence-electron chi connectivity index (χ4n) is 1.37. The number of carbonyl (C=O) groups is 1. The maximum Gasteiger partial charge on any atom is 0.202 e. The van der Waals surface area contributed by atoms with Gasteiger partial charge < -0.3 is 4.42 Å². The number of hydrogen-bond donors (Lipinski definition) is 0. The number of halogens is 2. The Morgan fingerprint density at radius 3 is 2.62 bits per heavy atom.